The van der Waals surface area contributed by atoms with Crippen LogP contribution >= 0.6 is 0 Å². The molecule has 1 amide bonds. The molecular formula is C12H20N2O2. The minimum Gasteiger partial charge on any atom is -0.508 e. The Hall–Kier alpha value is -1.55. The monoisotopic (exact) mass is 224 g/mol. The average molecular weight is 224 g/mol. The number of rotatable bonds is 3. The Morgan fingerprint density at radius 2 is 2.00 bits per heavy atom. The van der Waals surface area contributed by atoms with Gasteiger partial charge in [-0.2, -0.15) is 0 Å². The Bertz CT molecular complexity index is 314. The number of phenols is 1. The van der Waals surface area contributed by atoms with Gasteiger partial charge in [0.05, 0.1) is 0 Å². The summed E-state index contributed by atoms with van der Waals surface area (Å²) >= 11 is 0. The molecule has 4 heteroatoms. The molecule has 0 aliphatic carbocycles. The first kappa shape index (κ1) is 14.5. The van der Waals surface area contributed by atoms with Gasteiger partial charge in [0.25, 0.3) is 5.91 Å². The summed E-state index contributed by atoms with van der Waals surface area (Å²) in [5.74, 6) is -0.0260. The lowest BCUT2D eigenvalue weighted by Gasteiger charge is -2.02. The van der Waals surface area contributed by atoms with Crippen LogP contribution in [0.3, 0.4) is 0 Å². The fourth-order valence-corrected chi connectivity index (χ4v) is 0.988. The van der Waals surface area contributed by atoms with Gasteiger partial charge in [0, 0.05) is 12.1 Å². The van der Waals surface area contributed by atoms with Gasteiger partial charge in [0.2, 0.25) is 0 Å². The minimum atomic E-state index is -0.141. The van der Waals surface area contributed by atoms with Crippen LogP contribution in [0.5, 0.6) is 5.75 Å². The zero-order valence-electron chi connectivity index (χ0n) is 10.1. The minimum absolute atomic E-state index is 0.115. The van der Waals surface area contributed by atoms with Crippen molar-refractivity contribution in [3.63, 3.8) is 0 Å². The lowest BCUT2D eigenvalue weighted by molar-refractivity contribution is 0.0953. The molecule has 0 saturated carbocycles. The smallest absolute Gasteiger partial charge is 0.251 e. The lowest BCUT2D eigenvalue weighted by atomic mass is 10.2. The number of amides is 1. The van der Waals surface area contributed by atoms with E-state index in [4.69, 9.17) is 5.11 Å². The zero-order valence-corrected chi connectivity index (χ0v) is 10.1. The molecule has 0 saturated heterocycles. The van der Waals surface area contributed by atoms with Gasteiger partial charge < -0.3 is 15.7 Å². The molecular weight excluding hydrogens is 204 g/mol. The average Bonchev–Trinajstić information content (AvgIpc) is 2.27. The van der Waals surface area contributed by atoms with E-state index in [2.05, 4.69) is 10.6 Å². The van der Waals surface area contributed by atoms with E-state index in [0.29, 0.717) is 12.1 Å². The van der Waals surface area contributed by atoms with E-state index in [9.17, 15) is 4.79 Å². The number of carbonyl (C=O) groups excluding carboxylic acids is 1. The van der Waals surface area contributed by atoms with Crippen molar-refractivity contribution in [2.75, 3.05) is 20.6 Å². The van der Waals surface area contributed by atoms with Crippen molar-refractivity contribution in [1.29, 1.82) is 0 Å². The second kappa shape index (κ2) is 8.73. The van der Waals surface area contributed by atoms with Gasteiger partial charge in [-0.3, -0.25) is 4.79 Å². The summed E-state index contributed by atoms with van der Waals surface area (Å²) < 4.78 is 0. The molecule has 0 fully saturated rings. The van der Waals surface area contributed by atoms with Crippen molar-refractivity contribution in [1.82, 2.24) is 10.6 Å². The summed E-state index contributed by atoms with van der Waals surface area (Å²) in [6.07, 6.45) is 0.907. The molecule has 0 aliphatic rings. The third kappa shape index (κ3) is 6.03. The number of aromatic hydroxyl groups is 1. The van der Waals surface area contributed by atoms with Crippen LogP contribution in [0.25, 0.3) is 0 Å². The molecule has 90 valence electrons. The Kier molecular flexibility index (Phi) is 7.89. The predicted molar refractivity (Wildman–Crippen MR) is 65.7 cm³/mol. The molecule has 0 bridgehead atoms. The van der Waals surface area contributed by atoms with Gasteiger partial charge in [-0.05, 0) is 38.7 Å². The van der Waals surface area contributed by atoms with Crippen LogP contribution in [-0.2, 0) is 0 Å². The third-order valence-corrected chi connectivity index (χ3v) is 1.64. The van der Waals surface area contributed by atoms with Gasteiger partial charge >= 0.3 is 0 Å². The highest BCUT2D eigenvalue weighted by Crippen LogP contribution is 2.10. The number of nitrogens with one attached hydrogen (secondary N) is 2. The Labute approximate surface area is 96.7 Å². The van der Waals surface area contributed by atoms with Crippen molar-refractivity contribution >= 4 is 5.91 Å². The predicted octanol–water partition coefficient (Wildman–Crippen LogP) is 1.37. The van der Waals surface area contributed by atoms with Gasteiger partial charge in [-0.15, -0.1) is 0 Å². The van der Waals surface area contributed by atoms with Crippen LogP contribution in [-0.4, -0.2) is 31.7 Å². The number of phenolic OH excluding ortho intramolecular Hbond substituents is 1. The first-order chi connectivity index (χ1) is 7.65. The summed E-state index contributed by atoms with van der Waals surface area (Å²) in [5.41, 5.74) is 0.494. The number of benzene rings is 1. The Morgan fingerprint density at radius 3 is 2.50 bits per heavy atom. The fraction of sp³-hybridized carbons (Fsp3) is 0.417. The number of hydrogen-bond acceptors (Lipinski definition) is 3. The highest BCUT2D eigenvalue weighted by Gasteiger charge is 2.03. The summed E-state index contributed by atoms with van der Waals surface area (Å²) in [6.45, 7) is 2.65. The normalized spacial score (nSPS) is 8.94. The van der Waals surface area contributed by atoms with Gasteiger partial charge in [-0.1, -0.05) is 13.0 Å². The Balaban J connectivity index is 0.000000673. The maximum absolute atomic E-state index is 11.3. The van der Waals surface area contributed by atoms with E-state index in [1.54, 1.807) is 12.1 Å². The fourth-order valence-electron chi connectivity index (χ4n) is 0.988. The topological polar surface area (TPSA) is 61.4 Å². The second-order valence-electron chi connectivity index (χ2n) is 3.31. The van der Waals surface area contributed by atoms with E-state index in [1.807, 2.05) is 21.0 Å². The van der Waals surface area contributed by atoms with Crippen molar-refractivity contribution in [2.24, 2.45) is 0 Å². The molecule has 1 rings (SSSR count). The Morgan fingerprint density at radius 1 is 1.38 bits per heavy atom. The molecule has 0 heterocycles. The summed E-state index contributed by atoms with van der Waals surface area (Å²) in [7, 11) is 3.75. The highest BCUT2D eigenvalue weighted by molar-refractivity contribution is 5.94. The maximum atomic E-state index is 11.3. The molecule has 0 radical (unpaired) electrons. The first-order valence-electron chi connectivity index (χ1n) is 5.31. The van der Waals surface area contributed by atoms with E-state index in [-0.39, 0.29) is 11.7 Å². The van der Waals surface area contributed by atoms with Crippen LogP contribution in [0.1, 0.15) is 23.7 Å². The van der Waals surface area contributed by atoms with E-state index < -0.39 is 0 Å². The van der Waals surface area contributed by atoms with Crippen molar-refractivity contribution in [3.05, 3.63) is 29.8 Å². The van der Waals surface area contributed by atoms with Crippen molar-refractivity contribution in [2.45, 2.75) is 13.3 Å². The largest absolute Gasteiger partial charge is 0.508 e. The molecule has 0 atom stereocenters. The molecule has 16 heavy (non-hydrogen) atoms. The van der Waals surface area contributed by atoms with E-state index in [0.717, 1.165) is 6.42 Å². The van der Waals surface area contributed by atoms with Crippen molar-refractivity contribution < 1.29 is 9.90 Å². The molecule has 0 aliphatic heterocycles. The summed E-state index contributed by atoms with van der Waals surface area (Å²) in [5, 5.41) is 14.6. The van der Waals surface area contributed by atoms with E-state index >= 15 is 0 Å². The standard InChI is InChI=1S/C10H13NO2.C2H7N/c1-2-6-11-10(13)8-4-3-5-9(12)7-8;1-3-2/h3-5,7,12H,2,6H2,1H3,(H,11,13);3H,1-2H3. The maximum Gasteiger partial charge on any atom is 0.251 e. The highest BCUT2D eigenvalue weighted by atomic mass is 16.3. The molecule has 0 spiro atoms. The molecule has 4 nitrogen and oxygen atoms in total. The van der Waals surface area contributed by atoms with Crippen LogP contribution in [0.4, 0.5) is 0 Å². The summed E-state index contributed by atoms with van der Waals surface area (Å²) in [4.78, 5) is 11.3. The zero-order chi connectivity index (χ0) is 12.4. The second-order valence-corrected chi connectivity index (χ2v) is 3.31. The summed E-state index contributed by atoms with van der Waals surface area (Å²) in [6, 6.07) is 6.31. The third-order valence-electron chi connectivity index (χ3n) is 1.64. The van der Waals surface area contributed by atoms with Crippen LogP contribution in [0, 0.1) is 0 Å². The van der Waals surface area contributed by atoms with Gasteiger partial charge in [0.15, 0.2) is 0 Å². The molecule has 0 aromatic heterocycles. The quantitative estimate of drug-likeness (QED) is 0.726. The molecule has 1 aromatic rings. The first-order valence-corrected chi connectivity index (χ1v) is 5.31. The number of carbonyl (C=O) groups is 1. The van der Waals surface area contributed by atoms with Crippen LogP contribution in [0.2, 0.25) is 0 Å². The molecule has 0 unspecified atom stereocenters. The van der Waals surface area contributed by atoms with Crippen LogP contribution in [0.15, 0.2) is 24.3 Å². The van der Waals surface area contributed by atoms with Crippen molar-refractivity contribution in [3.8, 4) is 5.75 Å². The van der Waals surface area contributed by atoms with Crippen LogP contribution < -0.4 is 10.6 Å². The molecule has 1 aromatic carbocycles. The SMILES string of the molecule is CCCNC(=O)c1cccc(O)c1.CNC. The van der Waals surface area contributed by atoms with Gasteiger partial charge in [0.1, 0.15) is 5.75 Å². The van der Waals surface area contributed by atoms with E-state index in [1.165, 1.54) is 12.1 Å². The number of hydrogen-bond donors (Lipinski definition) is 3. The lowest BCUT2D eigenvalue weighted by Crippen LogP contribution is -2.23. The van der Waals surface area contributed by atoms with Gasteiger partial charge in [-0.25, -0.2) is 0 Å². The molecule has 3 N–H and O–H groups in total.